The molecule has 2 aliphatic heterocycles. The number of amides is 1. The fraction of sp³-hybridized carbons (Fsp3) is 0.667. The highest BCUT2D eigenvalue weighted by Gasteiger charge is 2.40. The number of ether oxygens (including phenoxy) is 2. The van der Waals surface area contributed by atoms with E-state index in [1.54, 1.807) is 24.1 Å². The number of hydrogen-bond acceptors (Lipinski definition) is 7. The first-order chi connectivity index (χ1) is 15.4. The summed E-state index contributed by atoms with van der Waals surface area (Å²) in [7, 11) is -2.28. The SMILES string of the molecule is COC[C@H]1CCC[C@@H](COC(=O)N2CCN(CCO)CC2)N1S(=O)(=O)c1ccc(Cl)cc1. The Morgan fingerprint density at radius 3 is 2.31 bits per heavy atom. The number of carbonyl (C=O) groups is 1. The third kappa shape index (κ3) is 6.12. The Balaban J connectivity index is 1.69. The molecule has 3 rings (SSSR count). The topological polar surface area (TPSA) is 99.6 Å². The molecule has 2 fully saturated rings. The summed E-state index contributed by atoms with van der Waals surface area (Å²) in [4.78, 5) is 16.5. The van der Waals surface area contributed by atoms with Gasteiger partial charge in [-0.15, -0.1) is 0 Å². The van der Waals surface area contributed by atoms with Gasteiger partial charge in [0.2, 0.25) is 10.0 Å². The maximum absolute atomic E-state index is 13.5. The third-order valence-electron chi connectivity index (χ3n) is 5.99. The van der Waals surface area contributed by atoms with E-state index in [0.717, 1.165) is 6.42 Å². The zero-order chi connectivity index (χ0) is 23.1. The van der Waals surface area contributed by atoms with Crippen LogP contribution in [0, 0.1) is 0 Å². The van der Waals surface area contributed by atoms with Crippen LogP contribution >= 0.6 is 11.6 Å². The molecule has 2 aliphatic rings. The van der Waals surface area contributed by atoms with Crippen molar-refractivity contribution in [3.05, 3.63) is 29.3 Å². The Morgan fingerprint density at radius 2 is 1.72 bits per heavy atom. The van der Waals surface area contributed by atoms with Crippen molar-refractivity contribution in [3.63, 3.8) is 0 Å². The molecular formula is C21H32ClN3O6S. The number of rotatable bonds is 8. The van der Waals surface area contributed by atoms with Gasteiger partial charge in [-0.05, 0) is 37.1 Å². The smallest absolute Gasteiger partial charge is 0.409 e. The van der Waals surface area contributed by atoms with Gasteiger partial charge in [0.05, 0.1) is 24.2 Å². The van der Waals surface area contributed by atoms with E-state index in [2.05, 4.69) is 4.90 Å². The summed E-state index contributed by atoms with van der Waals surface area (Å²) < 4.78 is 39.3. The maximum Gasteiger partial charge on any atom is 0.409 e. The molecule has 2 atom stereocenters. The van der Waals surface area contributed by atoms with Gasteiger partial charge in [0.1, 0.15) is 6.61 Å². The van der Waals surface area contributed by atoms with Gasteiger partial charge < -0.3 is 19.5 Å². The summed E-state index contributed by atoms with van der Waals surface area (Å²) in [6.07, 6.45) is 1.66. The van der Waals surface area contributed by atoms with Crippen LogP contribution in [0.25, 0.3) is 0 Å². The summed E-state index contributed by atoms with van der Waals surface area (Å²) >= 11 is 5.93. The van der Waals surface area contributed by atoms with E-state index in [1.165, 1.54) is 16.4 Å². The molecule has 0 aliphatic carbocycles. The number of methoxy groups -OCH3 is 1. The van der Waals surface area contributed by atoms with Gasteiger partial charge in [0.15, 0.2) is 0 Å². The number of piperazine rings is 1. The predicted molar refractivity (Wildman–Crippen MR) is 120 cm³/mol. The van der Waals surface area contributed by atoms with Gasteiger partial charge in [0.25, 0.3) is 0 Å². The number of hydrogen-bond donors (Lipinski definition) is 1. The molecule has 1 aromatic rings. The normalized spacial score (nSPS) is 23.3. The minimum absolute atomic E-state index is 0.0112. The molecule has 0 bridgehead atoms. The Kier molecular flexibility index (Phi) is 9.15. The van der Waals surface area contributed by atoms with Crippen molar-refractivity contribution < 1.29 is 27.8 Å². The fourth-order valence-electron chi connectivity index (χ4n) is 4.32. The second kappa shape index (κ2) is 11.6. The lowest BCUT2D eigenvalue weighted by Crippen LogP contribution is -2.54. The Labute approximate surface area is 194 Å². The maximum atomic E-state index is 13.5. The van der Waals surface area contributed by atoms with Crippen molar-refractivity contribution in [2.45, 2.75) is 36.2 Å². The van der Waals surface area contributed by atoms with Gasteiger partial charge in [-0.25, -0.2) is 13.2 Å². The summed E-state index contributed by atoms with van der Waals surface area (Å²) in [5.41, 5.74) is 0. The second-order valence-corrected chi connectivity index (χ2v) is 10.4. The molecule has 1 N–H and O–H groups in total. The predicted octanol–water partition coefficient (Wildman–Crippen LogP) is 1.64. The average molecular weight is 490 g/mol. The van der Waals surface area contributed by atoms with Gasteiger partial charge in [-0.2, -0.15) is 4.31 Å². The van der Waals surface area contributed by atoms with Crippen molar-refractivity contribution in [1.82, 2.24) is 14.1 Å². The van der Waals surface area contributed by atoms with Crippen LogP contribution in [0.5, 0.6) is 0 Å². The van der Waals surface area contributed by atoms with Crippen LogP contribution < -0.4 is 0 Å². The highest BCUT2D eigenvalue weighted by Crippen LogP contribution is 2.31. The summed E-state index contributed by atoms with van der Waals surface area (Å²) in [6, 6.07) is 5.28. The minimum atomic E-state index is -3.83. The second-order valence-electron chi connectivity index (χ2n) is 8.11. The highest BCUT2D eigenvalue weighted by atomic mass is 35.5. The van der Waals surface area contributed by atoms with Gasteiger partial charge in [-0.3, -0.25) is 4.90 Å². The summed E-state index contributed by atoms with van der Waals surface area (Å²) in [5.74, 6) is 0. The first-order valence-corrected chi connectivity index (χ1v) is 12.7. The number of carbonyl (C=O) groups excluding carboxylic acids is 1. The zero-order valence-corrected chi connectivity index (χ0v) is 19.9. The minimum Gasteiger partial charge on any atom is -0.448 e. The number of aliphatic hydroxyl groups excluding tert-OH is 1. The van der Waals surface area contributed by atoms with Crippen LogP contribution in [0.1, 0.15) is 19.3 Å². The number of piperidine rings is 1. The van der Waals surface area contributed by atoms with Crippen molar-refractivity contribution in [1.29, 1.82) is 0 Å². The van der Waals surface area contributed by atoms with Crippen LogP contribution in [-0.4, -0.2) is 105 Å². The van der Waals surface area contributed by atoms with E-state index in [-0.39, 0.29) is 30.8 Å². The van der Waals surface area contributed by atoms with Crippen molar-refractivity contribution in [2.24, 2.45) is 0 Å². The Bertz CT molecular complexity index is 844. The first-order valence-electron chi connectivity index (χ1n) is 10.9. The van der Waals surface area contributed by atoms with Crippen LogP contribution in [-0.2, 0) is 19.5 Å². The molecule has 2 heterocycles. The summed E-state index contributed by atoms with van der Waals surface area (Å²) in [5, 5.41) is 9.51. The molecule has 0 unspecified atom stereocenters. The highest BCUT2D eigenvalue weighted by molar-refractivity contribution is 7.89. The molecule has 2 saturated heterocycles. The largest absolute Gasteiger partial charge is 0.448 e. The van der Waals surface area contributed by atoms with Gasteiger partial charge in [0, 0.05) is 50.9 Å². The molecule has 180 valence electrons. The van der Waals surface area contributed by atoms with Gasteiger partial charge >= 0.3 is 6.09 Å². The van der Waals surface area contributed by atoms with E-state index in [1.807, 2.05) is 0 Å². The van der Waals surface area contributed by atoms with Crippen LogP contribution in [0.3, 0.4) is 0 Å². The standard InChI is InChI=1S/C21H32ClN3O6S/c1-30-15-18-3-2-4-19(25(18)32(28,29)20-7-5-17(22)6-8-20)16-31-21(27)24-11-9-23(10-12-24)13-14-26/h5-8,18-19,26H,2-4,9-16H2,1H3/t18-,19+/m1/s1. The lowest BCUT2D eigenvalue weighted by atomic mass is 9.99. The monoisotopic (exact) mass is 489 g/mol. The van der Waals surface area contributed by atoms with E-state index >= 15 is 0 Å². The van der Waals surface area contributed by atoms with Crippen molar-refractivity contribution in [2.75, 3.05) is 59.7 Å². The molecule has 11 heteroatoms. The molecule has 0 radical (unpaired) electrons. The number of β-amino-alcohol motifs (C(OH)–C–C–N with tert-alkyl or cyclic N) is 1. The third-order valence-corrected chi connectivity index (χ3v) is 8.26. The van der Waals surface area contributed by atoms with E-state index < -0.39 is 22.2 Å². The number of halogens is 1. The van der Waals surface area contributed by atoms with Crippen molar-refractivity contribution >= 4 is 27.7 Å². The van der Waals surface area contributed by atoms with E-state index in [0.29, 0.717) is 50.6 Å². The number of sulfonamides is 1. The van der Waals surface area contributed by atoms with Crippen LogP contribution in [0.2, 0.25) is 5.02 Å². The molecule has 0 aromatic heterocycles. The first kappa shape index (κ1) is 25.2. The molecule has 0 saturated carbocycles. The molecule has 32 heavy (non-hydrogen) atoms. The van der Waals surface area contributed by atoms with E-state index in [9.17, 15) is 13.2 Å². The van der Waals surface area contributed by atoms with Crippen LogP contribution in [0.15, 0.2) is 29.2 Å². The Hall–Kier alpha value is -1.43. The fourth-order valence-corrected chi connectivity index (χ4v) is 6.29. The number of benzene rings is 1. The van der Waals surface area contributed by atoms with Crippen molar-refractivity contribution in [3.8, 4) is 0 Å². The quantitative estimate of drug-likeness (QED) is 0.592. The zero-order valence-electron chi connectivity index (χ0n) is 18.4. The molecule has 1 amide bonds. The summed E-state index contributed by atoms with van der Waals surface area (Å²) in [6.45, 7) is 3.31. The molecular weight excluding hydrogens is 458 g/mol. The molecule has 0 spiro atoms. The van der Waals surface area contributed by atoms with Gasteiger partial charge in [-0.1, -0.05) is 18.0 Å². The van der Waals surface area contributed by atoms with E-state index in [4.69, 9.17) is 26.2 Å². The molecule has 9 nitrogen and oxygen atoms in total. The lowest BCUT2D eigenvalue weighted by molar-refractivity contribution is 0.0332. The average Bonchev–Trinajstić information content (AvgIpc) is 2.78. The molecule has 1 aromatic carbocycles. The Morgan fingerprint density at radius 1 is 1.09 bits per heavy atom. The van der Waals surface area contributed by atoms with Crippen LogP contribution in [0.4, 0.5) is 4.79 Å². The number of nitrogens with zero attached hydrogens (tertiary/aromatic N) is 3. The number of aliphatic hydroxyl groups is 1. The lowest BCUT2D eigenvalue weighted by Gasteiger charge is -2.40.